The molecule has 0 radical (unpaired) electrons. The van der Waals surface area contributed by atoms with Crippen LogP contribution < -0.4 is 0 Å². The quantitative estimate of drug-likeness (QED) is 0.591. The Morgan fingerprint density at radius 3 is 2.12 bits per heavy atom. The molecule has 0 heterocycles. The molecule has 0 rings (SSSR count). The van der Waals surface area contributed by atoms with Crippen LogP contribution in [0.3, 0.4) is 0 Å². The fourth-order valence-corrected chi connectivity index (χ4v) is 0.321. The maximum absolute atomic E-state index is 11.8. The fourth-order valence-electron chi connectivity index (χ4n) is 0.107. The number of halogens is 2. The Morgan fingerprint density at radius 2 is 2.12 bits per heavy atom. The summed E-state index contributed by atoms with van der Waals surface area (Å²) in [6.07, 6.45) is -0.600. The monoisotopic (exact) mass is 175 g/mol. The highest BCUT2D eigenvalue weighted by atomic mass is 35.7. The first-order valence-corrected chi connectivity index (χ1v) is 5.87. The predicted octanol–water partition coefficient (Wildman–Crippen LogP) is 2.02. The molecule has 0 saturated carbocycles. The van der Waals surface area contributed by atoms with Crippen molar-refractivity contribution in [2.24, 2.45) is 0 Å². The molecule has 0 aromatic heterocycles. The van der Waals surface area contributed by atoms with Crippen LogP contribution in [0.15, 0.2) is 0 Å². The van der Waals surface area contributed by atoms with Gasteiger partial charge in [0.05, 0.1) is 0 Å². The molecule has 5 heteroatoms. The van der Waals surface area contributed by atoms with E-state index in [0.29, 0.717) is 0 Å². The fraction of sp³-hybridized carbons (Fsp3) is 1.00. The Balaban J connectivity index is 3.93. The normalized spacial score (nSPS) is 18.6. The number of alkyl halides is 1. The summed E-state index contributed by atoms with van der Waals surface area (Å²) in [7, 11) is 3.38. The lowest BCUT2D eigenvalue weighted by molar-refractivity contribution is 0.573. The highest BCUT2D eigenvalue weighted by Crippen LogP contribution is 2.53. The van der Waals surface area contributed by atoms with Crippen molar-refractivity contribution in [3.63, 3.8) is 0 Å². The van der Waals surface area contributed by atoms with Crippen LogP contribution in [0.25, 0.3) is 0 Å². The summed E-state index contributed by atoms with van der Waals surface area (Å²) >= 11 is 10.2. The van der Waals surface area contributed by atoms with Crippen LogP contribution in [0.4, 0.5) is 4.39 Å². The van der Waals surface area contributed by atoms with Crippen LogP contribution in [0.5, 0.6) is 0 Å². The Kier molecular flexibility index (Phi) is 3.44. The summed E-state index contributed by atoms with van der Waals surface area (Å²) in [6, 6.07) is 0. The number of rotatable bonds is 2. The number of nitrogens with zero attached hydrogens (tertiary/aromatic N) is 1. The summed E-state index contributed by atoms with van der Waals surface area (Å²) in [4.78, 5) is 0. The lowest BCUT2D eigenvalue weighted by atomic mass is 11.3. The summed E-state index contributed by atoms with van der Waals surface area (Å²) in [5.41, 5.74) is -2.27. The van der Waals surface area contributed by atoms with Gasteiger partial charge in [-0.2, -0.15) is 0 Å². The van der Waals surface area contributed by atoms with Gasteiger partial charge in [-0.1, -0.05) is 23.0 Å². The van der Waals surface area contributed by atoms with Gasteiger partial charge in [-0.25, -0.2) is 4.39 Å². The van der Waals surface area contributed by atoms with E-state index in [1.54, 1.807) is 18.8 Å². The standard InChI is InChI=1S/C3H8ClFNPS/c1-6(2)7(4,8)3-5/h3H2,1-2H3. The van der Waals surface area contributed by atoms with Gasteiger partial charge in [0.15, 0.2) is 0 Å². The van der Waals surface area contributed by atoms with E-state index in [1.165, 1.54) is 0 Å². The molecule has 1 nitrogen and oxygen atoms in total. The van der Waals surface area contributed by atoms with Gasteiger partial charge in [-0.3, -0.25) is 4.67 Å². The van der Waals surface area contributed by atoms with Crippen molar-refractivity contribution in [3.05, 3.63) is 0 Å². The molecule has 0 aliphatic carbocycles. The molecule has 0 spiro atoms. The third-order valence-electron chi connectivity index (χ3n) is 0.745. The zero-order valence-corrected chi connectivity index (χ0v) is 7.23. The highest BCUT2D eigenvalue weighted by molar-refractivity contribution is 8.25. The molecular formula is C3H8ClFNPS. The molecule has 0 saturated heterocycles. The molecular weight excluding hydrogens is 168 g/mol. The Hall–Kier alpha value is 0.830. The second-order valence-electron chi connectivity index (χ2n) is 1.58. The molecule has 0 amide bonds. The van der Waals surface area contributed by atoms with Crippen molar-refractivity contribution < 1.29 is 4.39 Å². The summed E-state index contributed by atoms with van der Waals surface area (Å²) in [5, 5.41) is 0. The Labute approximate surface area is 58.7 Å². The highest BCUT2D eigenvalue weighted by Gasteiger charge is 2.14. The van der Waals surface area contributed by atoms with Crippen LogP contribution in [0.2, 0.25) is 0 Å². The van der Waals surface area contributed by atoms with E-state index in [-0.39, 0.29) is 0 Å². The SMILES string of the molecule is CN(C)P(=S)(Cl)CF. The maximum atomic E-state index is 11.8. The Bertz CT molecular complexity index is 118. The molecule has 1 unspecified atom stereocenters. The minimum Gasteiger partial charge on any atom is -0.268 e. The van der Waals surface area contributed by atoms with Crippen LogP contribution in [0.1, 0.15) is 0 Å². The molecule has 0 aromatic carbocycles. The van der Waals surface area contributed by atoms with Crippen molar-refractivity contribution in [1.29, 1.82) is 0 Å². The molecule has 1 atom stereocenters. The van der Waals surface area contributed by atoms with E-state index in [0.717, 1.165) is 0 Å². The molecule has 8 heavy (non-hydrogen) atoms. The molecule has 0 aliphatic rings. The minimum atomic E-state index is -2.27. The van der Waals surface area contributed by atoms with Crippen LogP contribution >= 0.6 is 16.8 Å². The molecule has 0 aromatic rings. The number of hydrogen-bond acceptors (Lipinski definition) is 1. The van der Waals surface area contributed by atoms with Gasteiger partial charge >= 0.3 is 0 Å². The van der Waals surface area contributed by atoms with Gasteiger partial charge in [0, 0.05) is 0 Å². The van der Waals surface area contributed by atoms with E-state index < -0.39 is 12.0 Å². The average molecular weight is 176 g/mol. The maximum Gasteiger partial charge on any atom is 0.143 e. The van der Waals surface area contributed by atoms with Crippen molar-refractivity contribution in [3.8, 4) is 0 Å². The van der Waals surface area contributed by atoms with Gasteiger partial charge in [-0.05, 0) is 14.1 Å². The minimum absolute atomic E-state index is 0.600. The van der Waals surface area contributed by atoms with Crippen LogP contribution in [0, 0.1) is 0 Å². The third-order valence-corrected chi connectivity index (χ3v) is 4.68. The van der Waals surface area contributed by atoms with E-state index in [4.69, 9.17) is 23.0 Å². The summed E-state index contributed by atoms with van der Waals surface area (Å²) < 4.78 is 13.4. The van der Waals surface area contributed by atoms with Gasteiger partial charge in [0.25, 0.3) is 0 Å². The molecule has 0 N–H and O–H groups in total. The average Bonchev–Trinajstić information content (AvgIpc) is 1.67. The van der Waals surface area contributed by atoms with Crippen molar-refractivity contribution in [1.82, 2.24) is 4.67 Å². The Morgan fingerprint density at radius 1 is 1.75 bits per heavy atom. The van der Waals surface area contributed by atoms with Crippen LogP contribution in [-0.2, 0) is 11.8 Å². The first-order valence-electron chi connectivity index (χ1n) is 2.03. The third kappa shape index (κ3) is 2.40. The molecule has 50 valence electrons. The lowest BCUT2D eigenvalue weighted by Gasteiger charge is -2.17. The summed E-state index contributed by atoms with van der Waals surface area (Å²) in [5.74, 6) is 0. The van der Waals surface area contributed by atoms with Crippen molar-refractivity contribution in [2.45, 2.75) is 0 Å². The molecule has 0 bridgehead atoms. The van der Waals surface area contributed by atoms with Crippen molar-refractivity contribution in [2.75, 3.05) is 20.5 Å². The van der Waals surface area contributed by atoms with Crippen LogP contribution in [-0.4, -0.2) is 25.2 Å². The van der Waals surface area contributed by atoms with E-state index in [9.17, 15) is 4.39 Å². The topological polar surface area (TPSA) is 3.24 Å². The summed E-state index contributed by atoms with van der Waals surface area (Å²) in [6.45, 7) is 0. The van der Waals surface area contributed by atoms with E-state index in [1.807, 2.05) is 0 Å². The second-order valence-corrected chi connectivity index (χ2v) is 7.95. The largest absolute Gasteiger partial charge is 0.268 e. The van der Waals surface area contributed by atoms with Crippen molar-refractivity contribution >= 4 is 28.6 Å². The smallest absolute Gasteiger partial charge is 0.143 e. The van der Waals surface area contributed by atoms with E-state index >= 15 is 0 Å². The van der Waals surface area contributed by atoms with Gasteiger partial charge < -0.3 is 0 Å². The molecule has 0 aliphatic heterocycles. The van der Waals surface area contributed by atoms with Gasteiger partial charge in [0.2, 0.25) is 0 Å². The van der Waals surface area contributed by atoms with Gasteiger partial charge in [-0.15, -0.1) is 0 Å². The lowest BCUT2D eigenvalue weighted by Crippen LogP contribution is -2.04. The predicted molar refractivity (Wildman–Crippen MR) is 39.8 cm³/mol. The number of hydrogen-bond donors (Lipinski definition) is 0. The second kappa shape index (κ2) is 3.11. The first kappa shape index (κ1) is 8.83. The first-order chi connectivity index (χ1) is 3.50. The van der Waals surface area contributed by atoms with E-state index in [2.05, 4.69) is 0 Å². The molecule has 0 fully saturated rings. The van der Waals surface area contributed by atoms with Gasteiger partial charge in [0.1, 0.15) is 12.0 Å². The zero-order chi connectivity index (χ0) is 6.78. The zero-order valence-electron chi connectivity index (χ0n) is 4.77.